The molecule has 1 saturated heterocycles. The van der Waals surface area contributed by atoms with Gasteiger partial charge in [0.25, 0.3) is 0 Å². The van der Waals surface area contributed by atoms with E-state index < -0.39 is 0 Å². The summed E-state index contributed by atoms with van der Waals surface area (Å²) in [7, 11) is 0. The number of rotatable bonds is 4. The summed E-state index contributed by atoms with van der Waals surface area (Å²) < 4.78 is 0. The molecule has 0 atom stereocenters. The predicted molar refractivity (Wildman–Crippen MR) is 79.2 cm³/mol. The quantitative estimate of drug-likeness (QED) is 0.905. The van der Waals surface area contributed by atoms with Crippen LogP contribution in [0.15, 0.2) is 12.4 Å². The van der Waals surface area contributed by atoms with Gasteiger partial charge in [-0.2, -0.15) is 0 Å². The Morgan fingerprint density at radius 2 is 1.95 bits per heavy atom. The van der Waals surface area contributed by atoms with Gasteiger partial charge in [-0.1, -0.05) is 27.7 Å². The fraction of sp³-hybridized carbons (Fsp3) is 0.733. The van der Waals surface area contributed by atoms with Gasteiger partial charge in [0.05, 0.1) is 11.9 Å². The molecule has 2 rings (SSSR count). The lowest BCUT2D eigenvalue weighted by molar-refractivity contribution is 0.279. The van der Waals surface area contributed by atoms with Gasteiger partial charge < -0.3 is 10.2 Å². The summed E-state index contributed by atoms with van der Waals surface area (Å²) in [6.45, 7) is 11.9. The molecular weight excluding hydrogens is 236 g/mol. The van der Waals surface area contributed by atoms with Crippen LogP contribution in [-0.4, -0.2) is 29.1 Å². The molecule has 0 amide bonds. The first kappa shape index (κ1) is 14.3. The smallest absolute Gasteiger partial charge is 0.147 e. The Balaban J connectivity index is 1.99. The van der Waals surface area contributed by atoms with Gasteiger partial charge in [-0.3, -0.25) is 4.98 Å². The third-order valence-electron chi connectivity index (χ3n) is 3.80. The van der Waals surface area contributed by atoms with Gasteiger partial charge in [-0.05, 0) is 18.3 Å². The van der Waals surface area contributed by atoms with Crippen LogP contribution < -0.4 is 10.2 Å². The van der Waals surface area contributed by atoms with Crippen molar-refractivity contribution in [2.75, 3.05) is 18.0 Å². The standard InChI is InChI=1S/C15H26N4/c1-12(2)17-10-13-9-16-11-14(18-13)19-7-5-15(3,4)6-8-19/h9,11-12,17H,5-8,10H2,1-4H3. The maximum Gasteiger partial charge on any atom is 0.147 e. The fourth-order valence-corrected chi connectivity index (χ4v) is 2.28. The monoisotopic (exact) mass is 262 g/mol. The molecule has 4 nitrogen and oxygen atoms in total. The number of nitrogens with zero attached hydrogens (tertiary/aromatic N) is 3. The minimum atomic E-state index is 0.473. The number of hydrogen-bond donors (Lipinski definition) is 1. The summed E-state index contributed by atoms with van der Waals surface area (Å²) in [6.07, 6.45) is 6.19. The van der Waals surface area contributed by atoms with Crippen LogP contribution in [0.25, 0.3) is 0 Å². The largest absolute Gasteiger partial charge is 0.355 e. The van der Waals surface area contributed by atoms with Crippen LogP contribution in [0, 0.1) is 5.41 Å². The Hall–Kier alpha value is -1.16. The molecule has 106 valence electrons. The number of aromatic nitrogens is 2. The second-order valence-electron chi connectivity index (χ2n) is 6.56. The van der Waals surface area contributed by atoms with Crippen LogP contribution in [0.2, 0.25) is 0 Å². The highest BCUT2D eigenvalue weighted by atomic mass is 15.2. The average molecular weight is 262 g/mol. The number of anilines is 1. The van der Waals surface area contributed by atoms with Crippen LogP contribution in [0.1, 0.15) is 46.2 Å². The molecular formula is C15H26N4. The van der Waals surface area contributed by atoms with Crippen molar-refractivity contribution in [1.29, 1.82) is 0 Å². The number of nitrogens with one attached hydrogen (secondary N) is 1. The Morgan fingerprint density at radius 3 is 2.58 bits per heavy atom. The Morgan fingerprint density at radius 1 is 1.26 bits per heavy atom. The minimum absolute atomic E-state index is 0.473. The summed E-state index contributed by atoms with van der Waals surface area (Å²) >= 11 is 0. The lowest BCUT2D eigenvalue weighted by Crippen LogP contribution is -2.38. The molecule has 0 aliphatic carbocycles. The van der Waals surface area contributed by atoms with Gasteiger partial charge in [-0.25, -0.2) is 4.98 Å². The van der Waals surface area contributed by atoms with Crippen LogP contribution in [0.3, 0.4) is 0 Å². The summed E-state index contributed by atoms with van der Waals surface area (Å²) in [5.41, 5.74) is 1.50. The summed E-state index contributed by atoms with van der Waals surface area (Å²) in [6, 6.07) is 0.473. The summed E-state index contributed by atoms with van der Waals surface area (Å²) in [5.74, 6) is 1.03. The molecule has 1 N–H and O–H groups in total. The molecule has 0 bridgehead atoms. The van der Waals surface area contributed by atoms with Crippen molar-refractivity contribution in [3.05, 3.63) is 18.1 Å². The first-order valence-corrected chi connectivity index (χ1v) is 7.25. The minimum Gasteiger partial charge on any atom is -0.355 e. The lowest BCUT2D eigenvalue weighted by atomic mass is 9.83. The predicted octanol–water partition coefficient (Wildman–Crippen LogP) is 2.60. The van der Waals surface area contributed by atoms with E-state index in [4.69, 9.17) is 4.98 Å². The van der Waals surface area contributed by atoms with Gasteiger partial charge in [0, 0.05) is 31.9 Å². The Labute approximate surface area is 116 Å². The SMILES string of the molecule is CC(C)NCc1cncc(N2CCC(C)(C)CC2)n1. The zero-order valence-electron chi connectivity index (χ0n) is 12.6. The third-order valence-corrected chi connectivity index (χ3v) is 3.80. The lowest BCUT2D eigenvalue weighted by Gasteiger charge is -2.37. The van der Waals surface area contributed by atoms with E-state index in [0.717, 1.165) is 31.1 Å². The molecule has 0 radical (unpaired) electrons. The van der Waals surface area contributed by atoms with E-state index in [0.29, 0.717) is 11.5 Å². The van der Waals surface area contributed by atoms with E-state index in [2.05, 4.69) is 42.9 Å². The first-order valence-electron chi connectivity index (χ1n) is 7.25. The van der Waals surface area contributed by atoms with Crippen molar-refractivity contribution < 1.29 is 0 Å². The molecule has 0 saturated carbocycles. The molecule has 1 fully saturated rings. The van der Waals surface area contributed by atoms with Gasteiger partial charge >= 0.3 is 0 Å². The van der Waals surface area contributed by atoms with Crippen molar-refractivity contribution in [3.63, 3.8) is 0 Å². The molecule has 1 aromatic rings. The van der Waals surface area contributed by atoms with Crippen molar-refractivity contribution in [3.8, 4) is 0 Å². The zero-order valence-corrected chi connectivity index (χ0v) is 12.6. The maximum absolute atomic E-state index is 4.72. The first-order chi connectivity index (χ1) is 8.96. The van der Waals surface area contributed by atoms with Crippen LogP contribution in [0.5, 0.6) is 0 Å². The van der Waals surface area contributed by atoms with E-state index in [-0.39, 0.29) is 0 Å². The van der Waals surface area contributed by atoms with E-state index in [1.54, 1.807) is 0 Å². The van der Waals surface area contributed by atoms with Crippen molar-refractivity contribution in [2.24, 2.45) is 5.41 Å². The number of piperidine rings is 1. The van der Waals surface area contributed by atoms with Crippen LogP contribution in [0.4, 0.5) is 5.82 Å². The van der Waals surface area contributed by atoms with Gasteiger partial charge in [-0.15, -0.1) is 0 Å². The van der Waals surface area contributed by atoms with Crippen molar-refractivity contribution in [1.82, 2.24) is 15.3 Å². The molecule has 0 unspecified atom stereocenters. The molecule has 0 aromatic carbocycles. The molecule has 0 spiro atoms. The van der Waals surface area contributed by atoms with Crippen LogP contribution >= 0.6 is 0 Å². The number of hydrogen-bond acceptors (Lipinski definition) is 4. The van der Waals surface area contributed by atoms with Gasteiger partial charge in [0.1, 0.15) is 5.82 Å². The van der Waals surface area contributed by atoms with E-state index in [9.17, 15) is 0 Å². The third kappa shape index (κ3) is 4.16. The topological polar surface area (TPSA) is 41.1 Å². The van der Waals surface area contributed by atoms with E-state index >= 15 is 0 Å². The van der Waals surface area contributed by atoms with Crippen molar-refractivity contribution in [2.45, 2.75) is 53.1 Å². The van der Waals surface area contributed by atoms with Crippen molar-refractivity contribution >= 4 is 5.82 Å². The zero-order chi connectivity index (χ0) is 13.9. The highest BCUT2D eigenvalue weighted by Crippen LogP contribution is 2.31. The Bertz CT molecular complexity index is 404. The highest BCUT2D eigenvalue weighted by molar-refractivity contribution is 5.37. The highest BCUT2D eigenvalue weighted by Gasteiger charge is 2.26. The average Bonchev–Trinajstić information content (AvgIpc) is 2.37. The normalized spacial score (nSPS) is 18.9. The molecule has 4 heteroatoms. The molecule has 1 aromatic heterocycles. The molecule has 1 aliphatic rings. The Kier molecular flexibility index (Phi) is 4.40. The second-order valence-corrected chi connectivity index (χ2v) is 6.56. The molecule has 1 aliphatic heterocycles. The van der Waals surface area contributed by atoms with Gasteiger partial charge in [0.15, 0.2) is 0 Å². The maximum atomic E-state index is 4.72. The van der Waals surface area contributed by atoms with Crippen LogP contribution in [-0.2, 0) is 6.54 Å². The molecule has 19 heavy (non-hydrogen) atoms. The van der Waals surface area contributed by atoms with E-state index in [1.807, 2.05) is 12.4 Å². The fourth-order valence-electron chi connectivity index (χ4n) is 2.28. The summed E-state index contributed by atoms with van der Waals surface area (Å²) in [4.78, 5) is 11.4. The summed E-state index contributed by atoms with van der Waals surface area (Å²) in [5, 5.41) is 3.38. The molecule has 2 heterocycles. The van der Waals surface area contributed by atoms with E-state index in [1.165, 1.54) is 12.8 Å². The van der Waals surface area contributed by atoms with Gasteiger partial charge in [0.2, 0.25) is 0 Å². The second kappa shape index (κ2) is 5.87.